The molecular formula is C16H17NO4. The molecular weight excluding hydrogens is 270 g/mol. The minimum Gasteiger partial charge on any atom is -0.478 e. The molecule has 2 aromatic rings. The van der Waals surface area contributed by atoms with E-state index in [4.69, 9.17) is 9.52 Å². The van der Waals surface area contributed by atoms with E-state index >= 15 is 0 Å². The zero-order chi connectivity index (χ0) is 15.6. The number of nitrogens with one attached hydrogen (secondary N) is 1. The summed E-state index contributed by atoms with van der Waals surface area (Å²) in [5, 5.41) is 11.7. The number of hydrogen-bond donors (Lipinski definition) is 2. The van der Waals surface area contributed by atoms with Crippen LogP contribution in [-0.4, -0.2) is 17.0 Å². The molecule has 0 aliphatic carbocycles. The molecule has 0 saturated carbocycles. The molecule has 2 N–H and O–H groups in total. The summed E-state index contributed by atoms with van der Waals surface area (Å²) in [6, 6.07) is 7.09. The maximum atomic E-state index is 12.2. The average molecular weight is 287 g/mol. The monoisotopic (exact) mass is 287 g/mol. The summed E-state index contributed by atoms with van der Waals surface area (Å²) in [4.78, 5) is 23.2. The summed E-state index contributed by atoms with van der Waals surface area (Å²) >= 11 is 0. The number of aryl methyl sites for hydroxylation is 3. The van der Waals surface area contributed by atoms with E-state index in [0.717, 1.165) is 11.1 Å². The molecule has 1 amide bonds. The Kier molecular flexibility index (Phi) is 4.12. The maximum Gasteiger partial charge on any atom is 0.339 e. The van der Waals surface area contributed by atoms with Crippen molar-refractivity contribution >= 4 is 11.9 Å². The smallest absolute Gasteiger partial charge is 0.339 e. The summed E-state index contributed by atoms with van der Waals surface area (Å²) < 4.78 is 5.33. The topological polar surface area (TPSA) is 79.5 Å². The molecule has 0 bridgehead atoms. The quantitative estimate of drug-likeness (QED) is 0.906. The van der Waals surface area contributed by atoms with Crippen molar-refractivity contribution in [1.29, 1.82) is 0 Å². The Morgan fingerprint density at radius 1 is 1.19 bits per heavy atom. The predicted molar refractivity (Wildman–Crippen MR) is 77.5 cm³/mol. The van der Waals surface area contributed by atoms with Gasteiger partial charge in [-0.3, -0.25) is 4.79 Å². The average Bonchev–Trinajstić information content (AvgIpc) is 2.77. The summed E-state index contributed by atoms with van der Waals surface area (Å²) in [6.07, 6.45) is 0. The van der Waals surface area contributed by atoms with Crippen LogP contribution in [0.1, 0.15) is 43.4 Å². The van der Waals surface area contributed by atoms with Crippen LogP contribution >= 0.6 is 0 Å². The van der Waals surface area contributed by atoms with E-state index in [0.29, 0.717) is 17.1 Å². The lowest BCUT2D eigenvalue weighted by atomic mass is 10.0. The third-order valence-corrected chi connectivity index (χ3v) is 3.33. The van der Waals surface area contributed by atoms with Crippen LogP contribution in [-0.2, 0) is 6.54 Å². The molecule has 0 atom stereocenters. The zero-order valence-electron chi connectivity index (χ0n) is 12.2. The van der Waals surface area contributed by atoms with Gasteiger partial charge >= 0.3 is 5.97 Å². The lowest BCUT2D eigenvalue weighted by Gasteiger charge is -2.09. The summed E-state index contributed by atoms with van der Waals surface area (Å²) in [6.45, 7) is 5.49. The van der Waals surface area contributed by atoms with Gasteiger partial charge in [-0.2, -0.15) is 0 Å². The first-order valence-corrected chi connectivity index (χ1v) is 6.57. The molecule has 0 spiro atoms. The minimum absolute atomic E-state index is 0.117. The third kappa shape index (κ3) is 3.13. The second-order valence-corrected chi connectivity index (χ2v) is 4.94. The van der Waals surface area contributed by atoms with Crippen molar-refractivity contribution in [2.45, 2.75) is 27.3 Å². The van der Waals surface area contributed by atoms with Crippen molar-refractivity contribution < 1.29 is 19.1 Å². The highest BCUT2D eigenvalue weighted by molar-refractivity contribution is 5.97. The Morgan fingerprint density at radius 3 is 2.33 bits per heavy atom. The van der Waals surface area contributed by atoms with Crippen LogP contribution in [0, 0.1) is 20.8 Å². The van der Waals surface area contributed by atoms with E-state index in [1.165, 1.54) is 6.07 Å². The Hall–Kier alpha value is -2.56. The van der Waals surface area contributed by atoms with Gasteiger partial charge in [-0.1, -0.05) is 18.2 Å². The molecule has 0 aliphatic heterocycles. The Labute approximate surface area is 122 Å². The largest absolute Gasteiger partial charge is 0.478 e. The van der Waals surface area contributed by atoms with Crippen LogP contribution in [0.5, 0.6) is 0 Å². The number of hydrogen-bond acceptors (Lipinski definition) is 3. The SMILES string of the molecule is Cc1cccc(C)c1C(=O)NCc1cc(C(=O)O)c(C)o1. The first kappa shape index (κ1) is 14.8. The van der Waals surface area contributed by atoms with E-state index in [2.05, 4.69) is 5.32 Å². The fraction of sp³-hybridized carbons (Fsp3) is 0.250. The number of carbonyl (C=O) groups excluding carboxylic acids is 1. The molecule has 2 rings (SSSR count). The standard InChI is InChI=1S/C16H17NO4/c1-9-5-4-6-10(2)14(9)15(18)17-8-12-7-13(16(19)20)11(3)21-12/h4-7H,8H2,1-3H3,(H,17,18)(H,19,20). The molecule has 0 saturated heterocycles. The molecule has 5 nitrogen and oxygen atoms in total. The van der Waals surface area contributed by atoms with Gasteiger partial charge in [0.05, 0.1) is 6.54 Å². The fourth-order valence-corrected chi connectivity index (χ4v) is 2.27. The number of furan rings is 1. The maximum absolute atomic E-state index is 12.2. The first-order chi connectivity index (χ1) is 9.90. The van der Waals surface area contributed by atoms with Crippen LogP contribution in [0.2, 0.25) is 0 Å². The van der Waals surface area contributed by atoms with Crippen LogP contribution in [0.3, 0.4) is 0 Å². The number of carboxylic acid groups (broad SMARTS) is 1. The van der Waals surface area contributed by atoms with Crippen LogP contribution in [0.15, 0.2) is 28.7 Å². The van der Waals surface area contributed by atoms with Crippen molar-refractivity contribution in [3.8, 4) is 0 Å². The normalized spacial score (nSPS) is 10.4. The first-order valence-electron chi connectivity index (χ1n) is 6.57. The van der Waals surface area contributed by atoms with Gasteiger partial charge in [0.2, 0.25) is 0 Å². The lowest BCUT2D eigenvalue weighted by Crippen LogP contribution is -2.24. The number of aromatic carboxylic acids is 1. The fourth-order valence-electron chi connectivity index (χ4n) is 2.27. The van der Waals surface area contributed by atoms with Gasteiger partial charge in [-0.25, -0.2) is 4.79 Å². The zero-order valence-corrected chi connectivity index (χ0v) is 12.2. The van der Waals surface area contributed by atoms with E-state index in [1.807, 2.05) is 32.0 Å². The van der Waals surface area contributed by atoms with Gasteiger partial charge in [0.1, 0.15) is 17.1 Å². The molecule has 21 heavy (non-hydrogen) atoms. The molecule has 0 unspecified atom stereocenters. The van der Waals surface area contributed by atoms with Gasteiger partial charge in [0.15, 0.2) is 0 Å². The number of amides is 1. The highest BCUT2D eigenvalue weighted by Crippen LogP contribution is 2.16. The molecule has 1 heterocycles. The third-order valence-electron chi connectivity index (χ3n) is 3.33. The molecule has 0 fully saturated rings. The Balaban J connectivity index is 2.11. The number of carboxylic acids is 1. The second-order valence-electron chi connectivity index (χ2n) is 4.94. The van der Waals surface area contributed by atoms with Crippen LogP contribution in [0.4, 0.5) is 0 Å². The van der Waals surface area contributed by atoms with Gasteiger partial charge < -0.3 is 14.8 Å². The van der Waals surface area contributed by atoms with Crippen molar-refractivity contribution in [2.75, 3.05) is 0 Å². The molecule has 0 radical (unpaired) electrons. The van der Waals surface area contributed by atoms with Gasteiger partial charge in [0, 0.05) is 5.56 Å². The number of carbonyl (C=O) groups is 2. The molecule has 0 aliphatic rings. The van der Waals surface area contributed by atoms with E-state index in [1.54, 1.807) is 6.92 Å². The van der Waals surface area contributed by atoms with Crippen molar-refractivity contribution in [2.24, 2.45) is 0 Å². The highest BCUT2D eigenvalue weighted by Gasteiger charge is 2.15. The second kappa shape index (κ2) is 5.83. The van der Waals surface area contributed by atoms with Crippen molar-refractivity contribution in [3.63, 3.8) is 0 Å². The van der Waals surface area contributed by atoms with E-state index in [9.17, 15) is 9.59 Å². The van der Waals surface area contributed by atoms with Gasteiger partial charge in [-0.05, 0) is 38.0 Å². The Morgan fingerprint density at radius 2 is 1.81 bits per heavy atom. The number of rotatable bonds is 4. The molecule has 110 valence electrons. The summed E-state index contributed by atoms with van der Waals surface area (Å²) in [7, 11) is 0. The predicted octanol–water partition coefficient (Wildman–Crippen LogP) is 2.83. The lowest BCUT2D eigenvalue weighted by molar-refractivity contribution is 0.0694. The molecule has 1 aromatic carbocycles. The van der Waals surface area contributed by atoms with Crippen LogP contribution in [0.25, 0.3) is 0 Å². The van der Waals surface area contributed by atoms with E-state index < -0.39 is 5.97 Å². The molecule has 1 aromatic heterocycles. The van der Waals surface area contributed by atoms with Crippen molar-refractivity contribution in [3.05, 3.63) is 58.0 Å². The van der Waals surface area contributed by atoms with Gasteiger partial charge in [0.25, 0.3) is 5.91 Å². The summed E-state index contributed by atoms with van der Waals surface area (Å²) in [5.74, 6) is -0.483. The highest BCUT2D eigenvalue weighted by atomic mass is 16.4. The Bertz CT molecular complexity index is 680. The van der Waals surface area contributed by atoms with Crippen molar-refractivity contribution in [1.82, 2.24) is 5.32 Å². The molecule has 5 heteroatoms. The van der Waals surface area contributed by atoms with Crippen LogP contribution < -0.4 is 5.32 Å². The van der Waals surface area contributed by atoms with Gasteiger partial charge in [-0.15, -0.1) is 0 Å². The number of benzene rings is 1. The van der Waals surface area contributed by atoms with E-state index in [-0.39, 0.29) is 18.0 Å². The minimum atomic E-state index is -1.04. The summed E-state index contributed by atoms with van der Waals surface area (Å²) in [5.41, 5.74) is 2.55.